The first-order valence-electron chi connectivity index (χ1n) is 9.32. The quantitative estimate of drug-likeness (QED) is 0.610. The van der Waals surface area contributed by atoms with Crippen molar-refractivity contribution >= 4 is 33.3 Å². The largest absolute Gasteiger partial charge is 0.334 e. The Balaban J connectivity index is 1.36. The van der Waals surface area contributed by atoms with Crippen LogP contribution in [0, 0.1) is 0 Å². The highest BCUT2D eigenvalue weighted by Crippen LogP contribution is 2.18. The lowest BCUT2D eigenvalue weighted by molar-refractivity contribution is -0.121. The Morgan fingerprint density at radius 3 is 2.45 bits per heavy atom. The number of urea groups is 1. The van der Waals surface area contributed by atoms with E-state index >= 15 is 0 Å². The summed E-state index contributed by atoms with van der Waals surface area (Å²) in [5.74, 6) is -0.381. The van der Waals surface area contributed by atoms with E-state index in [-0.39, 0.29) is 18.5 Å². The minimum Gasteiger partial charge on any atom is -0.334 e. The fourth-order valence-electron chi connectivity index (χ4n) is 3.09. The van der Waals surface area contributed by atoms with Crippen molar-refractivity contribution in [3.63, 3.8) is 0 Å². The molecule has 0 radical (unpaired) electrons. The van der Waals surface area contributed by atoms with E-state index in [1.54, 1.807) is 17.5 Å². The van der Waals surface area contributed by atoms with Gasteiger partial charge in [0.25, 0.3) is 0 Å². The number of hydrogen-bond donors (Lipinski definition) is 3. The summed E-state index contributed by atoms with van der Waals surface area (Å²) in [7, 11) is -3.48. The fourth-order valence-corrected chi connectivity index (χ4v) is 5.41. The number of carbonyl (C=O) groups is 2. The summed E-state index contributed by atoms with van der Waals surface area (Å²) in [6.07, 6.45) is 1.22. The van der Waals surface area contributed by atoms with E-state index in [1.165, 1.54) is 11.3 Å². The summed E-state index contributed by atoms with van der Waals surface area (Å²) in [4.78, 5) is 25.8. The maximum Gasteiger partial charge on any atom is 0.321 e. The number of likely N-dealkylation sites (tertiary alicyclic amines) is 1. The highest BCUT2D eigenvalue weighted by atomic mass is 32.2. The predicted molar refractivity (Wildman–Crippen MR) is 111 cm³/mol. The van der Waals surface area contributed by atoms with Gasteiger partial charge in [-0.05, 0) is 29.9 Å². The lowest BCUT2D eigenvalue weighted by Crippen LogP contribution is -2.49. The molecular weight excluding hydrogens is 412 g/mol. The molecule has 8 nitrogen and oxygen atoms in total. The standard InChI is InChI=1S/C19H24N4O4S2/c24-17(21-19(25)20-13-15-5-2-1-3-6-15)14-23-10-8-16(9-11-23)22-29(26,27)18-7-4-12-28-18/h1-7,12,16,22H,8-11,13-14H2,(H2,20,21,24,25). The molecule has 1 saturated heterocycles. The van der Waals surface area contributed by atoms with E-state index < -0.39 is 16.1 Å². The highest BCUT2D eigenvalue weighted by Gasteiger charge is 2.26. The number of rotatable bonds is 7. The van der Waals surface area contributed by atoms with Crippen molar-refractivity contribution in [3.8, 4) is 0 Å². The number of nitrogens with zero attached hydrogens (tertiary/aromatic N) is 1. The van der Waals surface area contributed by atoms with Crippen LogP contribution in [0.5, 0.6) is 0 Å². The summed E-state index contributed by atoms with van der Waals surface area (Å²) in [6.45, 7) is 1.60. The zero-order chi connectivity index (χ0) is 20.7. The zero-order valence-electron chi connectivity index (χ0n) is 15.8. The van der Waals surface area contributed by atoms with E-state index in [0.29, 0.717) is 36.7 Å². The van der Waals surface area contributed by atoms with E-state index in [1.807, 2.05) is 35.2 Å². The Bertz CT molecular complexity index is 909. The fraction of sp³-hybridized carbons (Fsp3) is 0.368. The molecule has 10 heteroatoms. The molecule has 1 aromatic heterocycles. The number of imide groups is 1. The molecule has 0 aliphatic carbocycles. The number of nitrogens with one attached hydrogen (secondary N) is 3. The second kappa shape index (κ2) is 9.97. The van der Waals surface area contributed by atoms with Crippen LogP contribution in [-0.4, -0.2) is 50.9 Å². The average Bonchev–Trinajstić information content (AvgIpc) is 3.24. The van der Waals surface area contributed by atoms with Crippen LogP contribution in [-0.2, 0) is 21.4 Å². The van der Waals surface area contributed by atoms with Gasteiger partial charge in [-0.15, -0.1) is 11.3 Å². The Morgan fingerprint density at radius 1 is 1.07 bits per heavy atom. The van der Waals surface area contributed by atoms with Gasteiger partial charge in [-0.25, -0.2) is 17.9 Å². The number of benzene rings is 1. The van der Waals surface area contributed by atoms with Crippen molar-refractivity contribution in [1.82, 2.24) is 20.3 Å². The van der Waals surface area contributed by atoms with Gasteiger partial charge >= 0.3 is 6.03 Å². The van der Waals surface area contributed by atoms with Crippen molar-refractivity contribution in [3.05, 3.63) is 53.4 Å². The Morgan fingerprint density at radius 2 is 1.79 bits per heavy atom. The van der Waals surface area contributed by atoms with Crippen LogP contribution in [0.3, 0.4) is 0 Å². The van der Waals surface area contributed by atoms with Crippen molar-refractivity contribution < 1.29 is 18.0 Å². The van der Waals surface area contributed by atoms with Crippen LogP contribution in [0.15, 0.2) is 52.1 Å². The van der Waals surface area contributed by atoms with Gasteiger partial charge in [-0.3, -0.25) is 15.0 Å². The Kier molecular flexibility index (Phi) is 7.37. The van der Waals surface area contributed by atoms with Gasteiger partial charge in [0.1, 0.15) is 4.21 Å². The van der Waals surface area contributed by atoms with E-state index in [2.05, 4.69) is 15.4 Å². The van der Waals surface area contributed by atoms with Crippen LogP contribution in [0.1, 0.15) is 18.4 Å². The molecule has 3 rings (SSSR count). The molecule has 156 valence electrons. The average molecular weight is 437 g/mol. The Hall–Kier alpha value is -2.27. The molecule has 3 amide bonds. The van der Waals surface area contributed by atoms with Gasteiger partial charge in [-0.1, -0.05) is 36.4 Å². The first kappa shape index (κ1) is 21.4. The molecular formula is C19H24N4O4S2. The number of piperidine rings is 1. The molecule has 1 fully saturated rings. The lowest BCUT2D eigenvalue weighted by Gasteiger charge is -2.31. The van der Waals surface area contributed by atoms with Crippen molar-refractivity contribution in [1.29, 1.82) is 0 Å². The Labute approximate surface area is 174 Å². The van der Waals surface area contributed by atoms with Crippen LogP contribution < -0.4 is 15.4 Å². The van der Waals surface area contributed by atoms with Crippen LogP contribution >= 0.6 is 11.3 Å². The first-order chi connectivity index (χ1) is 13.9. The van der Waals surface area contributed by atoms with Gasteiger partial charge in [0.2, 0.25) is 15.9 Å². The third-order valence-corrected chi connectivity index (χ3v) is 7.50. The highest BCUT2D eigenvalue weighted by molar-refractivity contribution is 7.91. The second-order valence-corrected chi connectivity index (χ2v) is 9.71. The molecule has 2 aromatic rings. The van der Waals surface area contributed by atoms with Crippen molar-refractivity contribution in [2.75, 3.05) is 19.6 Å². The lowest BCUT2D eigenvalue weighted by atomic mass is 10.1. The molecule has 0 atom stereocenters. The van der Waals surface area contributed by atoms with E-state index in [9.17, 15) is 18.0 Å². The van der Waals surface area contributed by atoms with Crippen molar-refractivity contribution in [2.45, 2.75) is 29.6 Å². The van der Waals surface area contributed by atoms with Crippen LogP contribution in [0.4, 0.5) is 4.79 Å². The zero-order valence-corrected chi connectivity index (χ0v) is 17.5. The number of hydrogen-bond acceptors (Lipinski definition) is 6. The molecule has 0 spiro atoms. The third kappa shape index (κ3) is 6.64. The van der Waals surface area contributed by atoms with Crippen LogP contribution in [0.25, 0.3) is 0 Å². The number of amides is 3. The van der Waals surface area contributed by atoms with Crippen molar-refractivity contribution in [2.24, 2.45) is 0 Å². The molecule has 0 unspecified atom stereocenters. The van der Waals surface area contributed by atoms with E-state index in [0.717, 1.165) is 5.56 Å². The maximum atomic E-state index is 12.3. The number of sulfonamides is 1. The minimum atomic E-state index is -3.48. The van der Waals surface area contributed by atoms with Gasteiger partial charge < -0.3 is 5.32 Å². The summed E-state index contributed by atoms with van der Waals surface area (Å²) >= 11 is 1.18. The molecule has 1 aromatic carbocycles. The number of carbonyl (C=O) groups excluding carboxylic acids is 2. The van der Waals surface area contributed by atoms with Gasteiger partial charge in [0.15, 0.2) is 0 Å². The summed E-state index contributed by atoms with van der Waals surface area (Å²) in [5.41, 5.74) is 0.946. The van der Waals surface area contributed by atoms with Gasteiger partial charge in [-0.2, -0.15) is 0 Å². The maximum absolute atomic E-state index is 12.3. The third-order valence-electron chi connectivity index (χ3n) is 4.59. The summed E-state index contributed by atoms with van der Waals surface area (Å²) in [5, 5.41) is 6.70. The molecule has 1 aliphatic heterocycles. The molecule has 2 heterocycles. The van der Waals surface area contributed by atoms with Gasteiger partial charge in [0.05, 0.1) is 6.54 Å². The predicted octanol–water partition coefficient (Wildman–Crippen LogP) is 1.52. The molecule has 1 aliphatic rings. The molecule has 29 heavy (non-hydrogen) atoms. The molecule has 0 saturated carbocycles. The minimum absolute atomic E-state index is 0.100. The molecule has 0 bridgehead atoms. The first-order valence-corrected chi connectivity index (χ1v) is 11.7. The topological polar surface area (TPSA) is 108 Å². The normalized spacial score (nSPS) is 15.7. The summed E-state index contributed by atoms with van der Waals surface area (Å²) < 4.78 is 27.6. The molecule has 3 N–H and O–H groups in total. The SMILES string of the molecule is O=C(CN1CCC(NS(=O)(=O)c2cccs2)CC1)NC(=O)NCc1ccccc1. The monoisotopic (exact) mass is 436 g/mol. The second-order valence-electron chi connectivity index (χ2n) is 6.82. The van der Waals surface area contributed by atoms with Gasteiger partial charge in [0, 0.05) is 25.7 Å². The van der Waals surface area contributed by atoms with E-state index in [4.69, 9.17) is 0 Å². The van der Waals surface area contributed by atoms with Crippen LogP contribution in [0.2, 0.25) is 0 Å². The summed E-state index contributed by atoms with van der Waals surface area (Å²) in [6, 6.07) is 12.0. The smallest absolute Gasteiger partial charge is 0.321 e. The number of thiophene rings is 1.